The summed E-state index contributed by atoms with van der Waals surface area (Å²) in [6.07, 6.45) is 0.150. The lowest BCUT2D eigenvalue weighted by Crippen LogP contribution is -2.80. The summed E-state index contributed by atoms with van der Waals surface area (Å²) in [5.41, 5.74) is -7.53. The van der Waals surface area contributed by atoms with Gasteiger partial charge in [0.1, 0.15) is 17.8 Å². The monoisotopic (exact) mass is 520 g/mol. The molecule has 14 atom stereocenters. The van der Waals surface area contributed by atoms with Crippen molar-refractivity contribution in [2.45, 2.75) is 99.9 Å². The Morgan fingerprint density at radius 3 is 2.43 bits per heavy atom. The molecule has 5 N–H and O–H groups in total. The fraction of sp³-hybridized carbons (Fsp3) is 0.852. The SMILES string of the molecule is C[C@@]12C3CC[C@]1(O)C1COC4C(OC(=O)[C@]4(C)O)C1O[C@]2(O)CC1C3C[C@H](O)[C@]2(O)CC=CC(=O)[C@@]12C. The quantitative estimate of drug-likeness (QED) is 0.265. The van der Waals surface area contributed by atoms with E-state index in [1.54, 1.807) is 13.0 Å². The Morgan fingerprint density at radius 1 is 0.973 bits per heavy atom. The van der Waals surface area contributed by atoms with E-state index in [0.29, 0.717) is 12.8 Å². The second-order valence-electron chi connectivity index (χ2n) is 13.3. The predicted octanol–water partition coefficient (Wildman–Crippen LogP) is -0.420. The van der Waals surface area contributed by atoms with Crippen LogP contribution in [0, 0.1) is 34.5 Å². The van der Waals surface area contributed by atoms with Crippen LogP contribution in [-0.4, -0.2) is 90.9 Å². The van der Waals surface area contributed by atoms with Gasteiger partial charge in [-0.25, -0.2) is 4.79 Å². The molecule has 204 valence electrons. The van der Waals surface area contributed by atoms with Crippen molar-refractivity contribution in [2.75, 3.05) is 6.61 Å². The van der Waals surface area contributed by atoms with E-state index in [1.807, 2.05) is 6.92 Å². The molecule has 7 unspecified atom stereocenters. The minimum absolute atomic E-state index is 0.0188. The summed E-state index contributed by atoms with van der Waals surface area (Å²) < 4.78 is 18.0. The molecule has 3 saturated carbocycles. The zero-order chi connectivity index (χ0) is 26.6. The van der Waals surface area contributed by atoms with Crippen LogP contribution < -0.4 is 0 Å². The van der Waals surface area contributed by atoms with Crippen molar-refractivity contribution >= 4 is 11.8 Å². The number of aliphatic hydroxyl groups excluding tert-OH is 1. The number of aliphatic hydroxyl groups is 5. The fourth-order valence-corrected chi connectivity index (χ4v) is 10.1. The highest BCUT2D eigenvalue weighted by Crippen LogP contribution is 2.74. The predicted molar refractivity (Wildman–Crippen MR) is 123 cm³/mol. The van der Waals surface area contributed by atoms with Crippen molar-refractivity contribution in [3.63, 3.8) is 0 Å². The highest BCUT2D eigenvalue weighted by atomic mass is 16.7. The Labute approximate surface area is 214 Å². The maximum atomic E-state index is 13.4. The van der Waals surface area contributed by atoms with Gasteiger partial charge in [0, 0.05) is 12.3 Å². The van der Waals surface area contributed by atoms with E-state index < -0.39 is 75.6 Å². The first-order valence-electron chi connectivity index (χ1n) is 13.5. The number of ketones is 1. The normalized spacial score (nSPS) is 63.7. The van der Waals surface area contributed by atoms with Crippen LogP contribution in [0.25, 0.3) is 0 Å². The van der Waals surface area contributed by atoms with Crippen LogP contribution in [0.5, 0.6) is 0 Å². The molecule has 10 nitrogen and oxygen atoms in total. The number of fused-ring (bicyclic) bond motifs is 8. The molecule has 6 fully saturated rings. The summed E-state index contributed by atoms with van der Waals surface area (Å²) in [5, 5.41) is 58.4. The second kappa shape index (κ2) is 6.83. The molecule has 3 heterocycles. The average Bonchev–Trinajstić information content (AvgIpc) is 3.24. The molecule has 3 aliphatic heterocycles. The van der Waals surface area contributed by atoms with Crippen LogP contribution >= 0.6 is 0 Å². The van der Waals surface area contributed by atoms with E-state index in [-0.39, 0.29) is 43.5 Å². The maximum absolute atomic E-state index is 13.4. The van der Waals surface area contributed by atoms with Gasteiger partial charge in [0.2, 0.25) is 0 Å². The zero-order valence-electron chi connectivity index (χ0n) is 21.3. The average molecular weight is 521 g/mol. The second-order valence-corrected chi connectivity index (χ2v) is 13.3. The van der Waals surface area contributed by atoms with Crippen molar-refractivity contribution in [1.82, 2.24) is 0 Å². The largest absolute Gasteiger partial charge is 0.454 e. The standard InChI is InChI=1S/C27H36O10/c1-22-14-10-27(34)24(3)13(12(14)9-17(29)26(22,33)7-4-5-16(22)28)6-8-25(24,32)15-11-35-20-19(18(15)37-27)36-21(30)23(20,2)31/h4-5,12-15,17-20,29,31-34H,6-11H2,1-3H3/t12?,13?,14?,15?,17-,18?,19?,20?,22+,23+,24+,25-,26+,27+/m0/s1. The van der Waals surface area contributed by atoms with Gasteiger partial charge in [-0.15, -0.1) is 0 Å². The van der Waals surface area contributed by atoms with Crippen molar-refractivity contribution in [2.24, 2.45) is 34.5 Å². The number of hydrogen-bond donors (Lipinski definition) is 5. The first kappa shape index (κ1) is 24.6. The van der Waals surface area contributed by atoms with Crippen molar-refractivity contribution in [3.05, 3.63) is 12.2 Å². The molecule has 0 radical (unpaired) electrons. The lowest BCUT2D eigenvalue weighted by Gasteiger charge is -2.70. The molecule has 0 aromatic carbocycles. The number of allylic oxidation sites excluding steroid dienone is 1. The molecule has 0 bridgehead atoms. The zero-order valence-corrected chi connectivity index (χ0v) is 21.3. The molecular weight excluding hydrogens is 484 g/mol. The molecule has 10 heteroatoms. The van der Waals surface area contributed by atoms with Crippen molar-refractivity contribution in [1.29, 1.82) is 0 Å². The Bertz CT molecular complexity index is 1120. The minimum Gasteiger partial charge on any atom is -0.454 e. The van der Waals surface area contributed by atoms with Crippen molar-refractivity contribution < 1.29 is 49.3 Å². The third kappa shape index (κ3) is 2.41. The summed E-state index contributed by atoms with van der Waals surface area (Å²) in [4.78, 5) is 25.9. The van der Waals surface area contributed by atoms with Crippen LogP contribution in [0.2, 0.25) is 0 Å². The van der Waals surface area contributed by atoms with Crippen molar-refractivity contribution in [3.8, 4) is 0 Å². The number of hydrogen-bond acceptors (Lipinski definition) is 10. The van der Waals surface area contributed by atoms with Gasteiger partial charge in [0.25, 0.3) is 0 Å². The maximum Gasteiger partial charge on any atom is 0.341 e. The fourth-order valence-electron chi connectivity index (χ4n) is 10.1. The molecule has 0 amide bonds. The molecule has 0 aromatic heterocycles. The third-order valence-electron chi connectivity index (χ3n) is 12.3. The summed E-state index contributed by atoms with van der Waals surface area (Å²) in [6.45, 7) is 4.84. The molecule has 3 saturated heterocycles. The van der Waals surface area contributed by atoms with Gasteiger partial charge in [0.05, 0.1) is 29.1 Å². The van der Waals surface area contributed by atoms with Gasteiger partial charge in [-0.05, 0) is 63.4 Å². The first-order valence-corrected chi connectivity index (χ1v) is 13.5. The molecular formula is C27H36O10. The van der Waals surface area contributed by atoms with Crippen LogP contribution in [0.1, 0.15) is 52.9 Å². The number of carbonyl (C=O) groups is 2. The summed E-state index contributed by atoms with van der Waals surface area (Å²) >= 11 is 0. The van der Waals surface area contributed by atoms with E-state index in [0.717, 1.165) is 0 Å². The number of rotatable bonds is 0. The van der Waals surface area contributed by atoms with Gasteiger partial charge >= 0.3 is 5.97 Å². The molecule has 37 heavy (non-hydrogen) atoms. The first-order chi connectivity index (χ1) is 17.2. The summed E-state index contributed by atoms with van der Waals surface area (Å²) in [5.74, 6) is -4.74. The van der Waals surface area contributed by atoms with Gasteiger partial charge in [-0.2, -0.15) is 0 Å². The van der Waals surface area contributed by atoms with Crippen LogP contribution in [0.4, 0.5) is 0 Å². The highest BCUT2D eigenvalue weighted by Gasteiger charge is 2.82. The number of carbonyl (C=O) groups excluding carboxylic acids is 2. The van der Waals surface area contributed by atoms with Crippen LogP contribution in [0.15, 0.2) is 12.2 Å². The molecule has 4 aliphatic carbocycles. The number of ether oxygens (including phenoxy) is 3. The topological polar surface area (TPSA) is 163 Å². The Balaban J connectivity index is 1.35. The molecule has 7 aliphatic rings. The lowest BCUT2D eigenvalue weighted by atomic mass is 9.40. The molecule has 0 spiro atoms. The Hall–Kier alpha value is -1.40. The summed E-state index contributed by atoms with van der Waals surface area (Å²) in [7, 11) is 0. The third-order valence-corrected chi connectivity index (χ3v) is 12.3. The minimum atomic E-state index is -1.92. The van der Waals surface area contributed by atoms with Gasteiger partial charge in [-0.3, -0.25) is 4.79 Å². The van der Waals surface area contributed by atoms with Gasteiger partial charge in [0.15, 0.2) is 23.3 Å². The molecule has 7 rings (SSSR count). The lowest BCUT2D eigenvalue weighted by molar-refractivity contribution is -0.433. The number of esters is 1. The highest BCUT2D eigenvalue weighted by molar-refractivity contribution is 5.97. The van der Waals surface area contributed by atoms with Gasteiger partial charge < -0.3 is 39.7 Å². The molecule has 0 aromatic rings. The van der Waals surface area contributed by atoms with E-state index in [4.69, 9.17) is 14.2 Å². The van der Waals surface area contributed by atoms with Crippen LogP contribution in [-0.2, 0) is 23.8 Å². The van der Waals surface area contributed by atoms with Crippen LogP contribution in [0.3, 0.4) is 0 Å². The van der Waals surface area contributed by atoms with Gasteiger partial charge in [-0.1, -0.05) is 13.0 Å². The van der Waals surface area contributed by atoms with E-state index >= 15 is 0 Å². The summed E-state index contributed by atoms with van der Waals surface area (Å²) in [6, 6.07) is 0. The van der Waals surface area contributed by atoms with E-state index in [1.165, 1.54) is 13.0 Å². The van der Waals surface area contributed by atoms with E-state index in [9.17, 15) is 35.1 Å². The Kier molecular flexibility index (Phi) is 4.55. The smallest absolute Gasteiger partial charge is 0.341 e. The Morgan fingerprint density at radius 2 is 1.70 bits per heavy atom. The van der Waals surface area contributed by atoms with E-state index in [2.05, 4.69) is 0 Å².